The number of halogens is 2. The van der Waals surface area contributed by atoms with Crippen LogP contribution in [0.4, 0.5) is 14.6 Å². The van der Waals surface area contributed by atoms with E-state index >= 15 is 0 Å². The molecule has 0 unspecified atom stereocenters. The van der Waals surface area contributed by atoms with Crippen molar-refractivity contribution in [2.75, 3.05) is 18.4 Å². The quantitative estimate of drug-likeness (QED) is 0.533. The van der Waals surface area contributed by atoms with Crippen molar-refractivity contribution in [3.8, 4) is 0 Å². The van der Waals surface area contributed by atoms with E-state index in [1.165, 1.54) is 29.1 Å². The van der Waals surface area contributed by atoms with Gasteiger partial charge in [0.15, 0.2) is 5.82 Å². The van der Waals surface area contributed by atoms with E-state index in [9.17, 15) is 18.4 Å². The van der Waals surface area contributed by atoms with Crippen molar-refractivity contribution < 1.29 is 13.6 Å². The fourth-order valence-corrected chi connectivity index (χ4v) is 3.17. The fraction of sp³-hybridized carbons (Fsp3) is 0.304. The highest BCUT2D eigenvalue weighted by Crippen LogP contribution is 2.25. The minimum Gasteiger partial charge on any atom is -0.359 e. The maximum Gasteiger partial charge on any atom is 0.306 e. The number of aryl methyl sites for hydroxylation is 2. The largest absolute Gasteiger partial charge is 0.359 e. The van der Waals surface area contributed by atoms with Gasteiger partial charge in [-0.15, -0.1) is 0 Å². The van der Waals surface area contributed by atoms with Gasteiger partial charge in [0.2, 0.25) is 5.91 Å². The summed E-state index contributed by atoms with van der Waals surface area (Å²) in [5, 5.41) is 5.18. The number of benzene rings is 1. The van der Waals surface area contributed by atoms with Crippen molar-refractivity contribution in [3.63, 3.8) is 0 Å². The normalized spacial score (nSPS) is 11.2. The summed E-state index contributed by atoms with van der Waals surface area (Å²) in [5.41, 5.74) is 1.64. The minimum atomic E-state index is -3.29. The Morgan fingerprint density at radius 2 is 1.94 bits per heavy atom. The molecule has 0 aliphatic carbocycles. The Labute approximate surface area is 184 Å². The number of anilines is 1. The number of aromatic nitrogens is 3. The molecule has 2 heterocycles. The predicted molar refractivity (Wildman–Crippen MR) is 118 cm³/mol. The first kappa shape index (κ1) is 23.1. The highest BCUT2D eigenvalue weighted by atomic mass is 19.3. The van der Waals surface area contributed by atoms with Crippen molar-refractivity contribution in [1.29, 1.82) is 0 Å². The molecule has 1 amide bonds. The second kappa shape index (κ2) is 10.1. The molecule has 0 spiro atoms. The van der Waals surface area contributed by atoms with E-state index in [1.54, 1.807) is 13.0 Å². The molecule has 168 valence electrons. The number of pyridine rings is 1. The lowest BCUT2D eigenvalue weighted by Gasteiger charge is -2.17. The van der Waals surface area contributed by atoms with Crippen LogP contribution in [-0.2, 0) is 23.7 Å². The first-order valence-corrected chi connectivity index (χ1v) is 10.2. The van der Waals surface area contributed by atoms with Crippen LogP contribution in [0.3, 0.4) is 0 Å². The van der Waals surface area contributed by atoms with Gasteiger partial charge in [0.05, 0.1) is 6.54 Å². The van der Waals surface area contributed by atoms with Crippen LogP contribution in [0.2, 0.25) is 0 Å². The Morgan fingerprint density at radius 3 is 2.66 bits per heavy atom. The molecule has 32 heavy (non-hydrogen) atoms. The van der Waals surface area contributed by atoms with Crippen molar-refractivity contribution in [2.24, 2.45) is 0 Å². The average Bonchev–Trinajstić information content (AvgIpc) is 2.77. The lowest BCUT2D eigenvalue weighted by Crippen LogP contribution is -2.36. The highest BCUT2D eigenvalue weighted by molar-refractivity contribution is 5.75. The zero-order valence-corrected chi connectivity index (χ0v) is 17.9. The van der Waals surface area contributed by atoms with Gasteiger partial charge < -0.3 is 10.6 Å². The Morgan fingerprint density at radius 1 is 1.12 bits per heavy atom. The van der Waals surface area contributed by atoms with Gasteiger partial charge in [-0.05, 0) is 38.0 Å². The Bertz CT molecular complexity index is 1130. The molecular weight excluding hydrogens is 416 g/mol. The van der Waals surface area contributed by atoms with Crippen LogP contribution in [0.1, 0.15) is 22.5 Å². The highest BCUT2D eigenvalue weighted by Gasteiger charge is 2.33. The number of hydrogen-bond acceptors (Lipinski definition) is 5. The number of alkyl halides is 2. The van der Waals surface area contributed by atoms with E-state index in [4.69, 9.17) is 0 Å². The molecule has 0 bridgehead atoms. The summed E-state index contributed by atoms with van der Waals surface area (Å²) < 4.78 is 29.9. The first-order chi connectivity index (χ1) is 15.3. The number of carbonyl (C=O) groups excluding carboxylic acids is 1. The van der Waals surface area contributed by atoms with Crippen LogP contribution in [0.5, 0.6) is 0 Å². The number of hydrogen-bond donors (Lipinski definition) is 2. The van der Waals surface area contributed by atoms with Crippen LogP contribution in [0, 0.1) is 13.8 Å². The molecule has 1 aromatic carbocycles. The topological polar surface area (TPSA) is 88.9 Å². The lowest BCUT2D eigenvalue weighted by molar-refractivity contribution is -0.121. The summed E-state index contributed by atoms with van der Waals surface area (Å²) in [6.07, 6.45) is 3.30. The van der Waals surface area contributed by atoms with Crippen LogP contribution in [0.25, 0.3) is 0 Å². The molecule has 7 nitrogen and oxygen atoms in total. The van der Waals surface area contributed by atoms with Crippen molar-refractivity contribution in [1.82, 2.24) is 19.9 Å². The van der Waals surface area contributed by atoms with Crippen LogP contribution in [0.15, 0.2) is 59.7 Å². The molecular formula is C23H25F2N5O2. The van der Waals surface area contributed by atoms with Gasteiger partial charge in [-0.1, -0.05) is 35.9 Å². The Hall–Kier alpha value is -3.62. The summed E-state index contributed by atoms with van der Waals surface area (Å²) in [6.45, 7) is 2.96. The standard InChI is InChI=1S/C23H25F2N5O2/c1-16-6-5-7-18(12-16)9-11-27-20(31)14-30-17(2)13-28-21(22(30)32)29-15-23(24,25)19-8-3-4-10-26-19/h3-8,10,12-13H,9,11,14-15H2,1-2H3,(H,27,31)(H,28,29). The average molecular weight is 441 g/mol. The monoisotopic (exact) mass is 441 g/mol. The summed E-state index contributed by atoms with van der Waals surface area (Å²) in [7, 11) is 0. The van der Waals surface area contributed by atoms with Crippen LogP contribution >= 0.6 is 0 Å². The Kier molecular flexibility index (Phi) is 7.29. The number of amides is 1. The zero-order valence-electron chi connectivity index (χ0n) is 17.9. The molecule has 0 saturated carbocycles. The van der Waals surface area contributed by atoms with Gasteiger partial charge in [-0.3, -0.25) is 19.1 Å². The lowest BCUT2D eigenvalue weighted by atomic mass is 10.1. The van der Waals surface area contributed by atoms with Gasteiger partial charge in [0, 0.05) is 24.6 Å². The molecule has 9 heteroatoms. The van der Waals surface area contributed by atoms with E-state index in [2.05, 4.69) is 20.6 Å². The molecule has 2 aromatic heterocycles. The van der Waals surface area contributed by atoms with E-state index in [-0.39, 0.29) is 18.3 Å². The third-order valence-corrected chi connectivity index (χ3v) is 4.89. The molecule has 0 fully saturated rings. The molecule has 0 atom stereocenters. The second-order valence-electron chi connectivity index (χ2n) is 7.50. The van der Waals surface area contributed by atoms with Gasteiger partial charge in [0.25, 0.3) is 5.56 Å². The van der Waals surface area contributed by atoms with Crippen molar-refractivity contribution >= 4 is 11.7 Å². The van der Waals surface area contributed by atoms with E-state index in [1.807, 2.05) is 31.2 Å². The number of nitrogens with zero attached hydrogens (tertiary/aromatic N) is 3. The number of carbonyl (C=O) groups is 1. The van der Waals surface area contributed by atoms with Gasteiger partial charge in [0.1, 0.15) is 12.2 Å². The molecule has 2 N–H and O–H groups in total. The third-order valence-electron chi connectivity index (χ3n) is 4.89. The minimum absolute atomic E-state index is 0.230. The molecule has 0 saturated heterocycles. The second-order valence-corrected chi connectivity index (χ2v) is 7.50. The molecule has 0 radical (unpaired) electrons. The summed E-state index contributed by atoms with van der Waals surface area (Å²) in [5.74, 6) is -3.89. The van der Waals surface area contributed by atoms with Crippen molar-refractivity contribution in [3.05, 3.63) is 87.7 Å². The van der Waals surface area contributed by atoms with E-state index in [0.29, 0.717) is 18.7 Å². The van der Waals surface area contributed by atoms with Gasteiger partial charge >= 0.3 is 5.92 Å². The van der Waals surface area contributed by atoms with Crippen LogP contribution in [-0.4, -0.2) is 33.5 Å². The molecule has 3 rings (SSSR count). The summed E-state index contributed by atoms with van der Waals surface area (Å²) in [4.78, 5) is 32.6. The zero-order chi connectivity index (χ0) is 23.1. The van der Waals surface area contributed by atoms with E-state index in [0.717, 1.165) is 11.1 Å². The van der Waals surface area contributed by atoms with E-state index < -0.39 is 23.7 Å². The number of rotatable bonds is 9. The van der Waals surface area contributed by atoms with Crippen LogP contribution < -0.4 is 16.2 Å². The number of nitrogens with one attached hydrogen (secondary N) is 2. The molecule has 3 aromatic rings. The van der Waals surface area contributed by atoms with Gasteiger partial charge in [-0.2, -0.15) is 8.78 Å². The molecule has 0 aliphatic rings. The van der Waals surface area contributed by atoms with Crippen molar-refractivity contribution in [2.45, 2.75) is 32.7 Å². The van der Waals surface area contributed by atoms with Gasteiger partial charge in [-0.25, -0.2) is 4.98 Å². The predicted octanol–water partition coefficient (Wildman–Crippen LogP) is 2.82. The third kappa shape index (κ3) is 5.96. The maximum absolute atomic E-state index is 14.3. The maximum atomic E-state index is 14.3. The summed E-state index contributed by atoms with van der Waals surface area (Å²) in [6, 6.07) is 12.2. The fourth-order valence-electron chi connectivity index (χ4n) is 3.17. The molecule has 0 aliphatic heterocycles. The summed E-state index contributed by atoms with van der Waals surface area (Å²) >= 11 is 0. The first-order valence-electron chi connectivity index (χ1n) is 10.2. The Balaban J connectivity index is 1.61. The smallest absolute Gasteiger partial charge is 0.306 e. The SMILES string of the molecule is Cc1cccc(CCNC(=O)Cn2c(C)cnc(NCC(F)(F)c3ccccn3)c2=O)c1.